The van der Waals surface area contributed by atoms with Crippen molar-refractivity contribution in [2.75, 3.05) is 13.1 Å². The molecule has 0 spiro atoms. The van der Waals surface area contributed by atoms with Crippen molar-refractivity contribution < 1.29 is 14.6 Å². The number of carbonyl (C=O) groups excluding carboxylic acids is 1. The molecule has 0 aromatic carbocycles. The van der Waals surface area contributed by atoms with Crippen LogP contribution in [-0.2, 0) is 4.74 Å². The van der Waals surface area contributed by atoms with Crippen LogP contribution in [-0.4, -0.2) is 46.9 Å². The Morgan fingerprint density at radius 2 is 2.29 bits per heavy atom. The van der Waals surface area contributed by atoms with Gasteiger partial charge in [0.05, 0.1) is 12.1 Å². The summed E-state index contributed by atoms with van der Waals surface area (Å²) in [7, 11) is 0. The Morgan fingerprint density at radius 3 is 2.82 bits per heavy atom. The summed E-state index contributed by atoms with van der Waals surface area (Å²) in [4.78, 5) is 15.9. The number of aliphatic hydroxyl groups is 1. The average Bonchev–Trinajstić information content (AvgIpc) is 2.54. The zero-order valence-corrected chi connectivity index (χ0v) is 10.3. The predicted molar refractivity (Wildman–Crippen MR) is 61.4 cm³/mol. The number of rotatable bonds is 2. The smallest absolute Gasteiger partial charge is 0.410 e. The van der Waals surface area contributed by atoms with Gasteiger partial charge in [-0.2, -0.15) is 0 Å². The molecule has 1 saturated heterocycles. The molecule has 1 fully saturated rings. The molecule has 0 saturated carbocycles. The van der Waals surface area contributed by atoms with E-state index in [0.29, 0.717) is 13.0 Å². The maximum absolute atomic E-state index is 11.8. The van der Waals surface area contributed by atoms with Crippen LogP contribution in [0.3, 0.4) is 0 Å². The molecule has 0 aromatic rings. The summed E-state index contributed by atoms with van der Waals surface area (Å²) in [6, 6.07) is -0.485. The van der Waals surface area contributed by atoms with Gasteiger partial charge in [-0.05, 0) is 32.7 Å². The first-order valence-electron chi connectivity index (χ1n) is 5.53. The first kappa shape index (κ1) is 13.6. The fraction of sp³-hybridized carbons (Fsp3) is 0.900. The molecule has 96 valence electrons. The second-order valence-electron chi connectivity index (χ2n) is 5.01. The molecule has 1 aliphatic rings. The lowest BCUT2D eigenvalue weighted by Crippen LogP contribution is -2.44. The van der Waals surface area contributed by atoms with Gasteiger partial charge in [0.25, 0.3) is 0 Å². The monoisotopic (exact) mass is 242 g/mol. The zero-order valence-electron chi connectivity index (χ0n) is 10.3. The van der Waals surface area contributed by atoms with Gasteiger partial charge in [0.1, 0.15) is 5.60 Å². The van der Waals surface area contributed by atoms with E-state index < -0.39 is 23.8 Å². The average molecular weight is 242 g/mol. The molecule has 1 amide bonds. The maximum atomic E-state index is 11.8. The van der Waals surface area contributed by atoms with Gasteiger partial charge < -0.3 is 14.7 Å². The molecule has 0 bridgehead atoms. The lowest BCUT2D eigenvalue weighted by atomic mass is 10.2. The Morgan fingerprint density at radius 1 is 1.65 bits per heavy atom. The molecular weight excluding hydrogens is 224 g/mol. The third-order valence-electron chi connectivity index (χ3n) is 2.47. The summed E-state index contributed by atoms with van der Waals surface area (Å²) in [6.45, 7) is 5.82. The quantitative estimate of drug-likeness (QED) is 0.453. The number of ether oxygens (including phenoxy) is 1. The summed E-state index contributed by atoms with van der Waals surface area (Å²) in [5.74, 6) is 0. The van der Waals surface area contributed by atoms with E-state index in [-0.39, 0.29) is 6.54 Å². The van der Waals surface area contributed by atoms with Crippen molar-refractivity contribution in [1.29, 1.82) is 0 Å². The van der Waals surface area contributed by atoms with Crippen LogP contribution >= 0.6 is 0 Å². The Kier molecular flexibility index (Phi) is 4.20. The van der Waals surface area contributed by atoms with Crippen LogP contribution in [0.4, 0.5) is 4.79 Å². The second-order valence-corrected chi connectivity index (χ2v) is 5.01. The van der Waals surface area contributed by atoms with Crippen molar-refractivity contribution in [3.63, 3.8) is 0 Å². The third kappa shape index (κ3) is 3.80. The number of hydrogen-bond acceptors (Lipinski definition) is 4. The second kappa shape index (κ2) is 5.25. The van der Waals surface area contributed by atoms with Gasteiger partial charge in [-0.25, -0.2) is 4.79 Å². The summed E-state index contributed by atoms with van der Waals surface area (Å²) in [5.41, 5.74) is 7.69. The summed E-state index contributed by atoms with van der Waals surface area (Å²) < 4.78 is 5.22. The molecule has 1 aliphatic heterocycles. The number of carbonyl (C=O) groups is 1. The van der Waals surface area contributed by atoms with Gasteiger partial charge in [-0.1, -0.05) is 5.11 Å². The molecule has 7 heteroatoms. The first-order valence-corrected chi connectivity index (χ1v) is 5.53. The van der Waals surface area contributed by atoms with Gasteiger partial charge in [-0.15, -0.1) is 0 Å². The van der Waals surface area contributed by atoms with Crippen LogP contribution < -0.4 is 0 Å². The summed E-state index contributed by atoms with van der Waals surface area (Å²) >= 11 is 0. The molecule has 7 nitrogen and oxygen atoms in total. The number of nitrogens with zero attached hydrogens (tertiary/aromatic N) is 4. The van der Waals surface area contributed by atoms with E-state index in [9.17, 15) is 9.90 Å². The maximum Gasteiger partial charge on any atom is 0.410 e. The van der Waals surface area contributed by atoms with E-state index in [2.05, 4.69) is 10.0 Å². The molecule has 0 radical (unpaired) electrons. The predicted octanol–water partition coefficient (Wildman–Crippen LogP) is 1.67. The van der Waals surface area contributed by atoms with Crippen molar-refractivity contribution in [1.82, 2.24) is 4.90 Å². The minimum absolute atomic E-state index is 0.0664. The highest BCUT2D eigenvalue weighted by atomic mass is 16.6. The third-order valence-corrected chi connectivity index (χ3v) is 2.47. The van der Waals surface area contributed by atoms with Crippen LogP contribution in [0.2, 0.25) is 0 Å². The highest BCUT2D eigenvalue weighted by Gasteiger charge is 2.37. The van der Waals surface area contributed by atoms with Crippen LogP contribution in [0.15, 0.2) is 5.11 Å². The molecule has 1 N–H and O–H groups in total. The largest absolute Gasteiger partial charge is 0.444 e. The highest BCUT2D eigenvalue weighted by Crippen LogP contribution is 2.21. The van der Waals surface area contributed by atoms with E-state index >= 15 is 0 Å². The van der Waals surface area contributed by atoms with Crippen LogP contribution in [0.5, 0.6) is 0 Å². The summed E-state index contributed by atoms with van der Waals surface area (Å²) in [5, 5.41) is 13.1. The van der Waals surface area contributed by atoms with Crippen molar-refractivity contribution in [3.05, 3.63) is 10.4 Å². The SMILES string of the molecule is CC(C)(C)OC(=O)N1CC[C@H](O)[C@@H]1CN=[N+]=[N-]. The molecule has 1 heterocycles. The van der Waals surface area contributed by atoms with Crippen molar-refractivity contribution in [2.45, 2.75) is 44.9 Å². The molecule has 17 heavy (non-hydrogen) atoms. The van der Waals surface area contributed by atoms with E-state index in [4.69, 9.17) is 10.3 Å². The molecule has 1 rings (SSSR count). The number of aliphatic hydroxyl groups excluding tert-OH is 1. The Hall–Kier alpha value is -1.46. The minimum Gasteiger partial charge on any atom is -0.444 e. The van der Waals surface area contributed by atoms with E-state index in [1.807, 2.05) is 0 Å². The Bertz CT molecular complexity index is 333. The summed E-state index contributed by atoms with van der Waals surface area (Å²) in [6.07, 6.45) is -0.662. The van der Waals surface area contributed by atoms with Gasteiger partial charge >= 0.3 is 6.09 Å². The molecular formula is C10H18N4O3. The molecule has 0 aliphatic carbocycles. The van der Waals surface area contributed by atoms with Crippen molar-refractivity contribution in [3.8, 4) is 0 Å². The number of amides is 1. The number of hydrogen-bond donors (Lipinski definition) is 1. The van der Waals surface area contributed by atoms with E-state index in [1.54, 1.807) is 20.8 Å². The van der Waals surface area contributed by atoms with Crippen LogP contribution in [0.25, 0.3) is 10.4 Å². The molecule has 0 unspecified atom stereocenters. The highest BCUT2D eigenvalue weighted by molar-refractivity contribution is 5.69. The Balaban J connectivity index is 2.68. The van der Waals surface area contributed by atoms with Gasteiger partial charge in [0.2, 0.25) is 0 Å². The van der Waals surface area contributed by atoms with Crippen LogP contribution in [0.1, 0.15) is 27.2 Å². The first-order chi connectivity index (χ1) is 7.85. The van der Waals surface area contributed by atoms with E-state index in [0.717, 1.165) is 0 Å². The Labute approximate surface area is 100.0 Å². The van der Waals surface area contributed by atoms with Gasteiger partial charge in [0.15, 0.2) is 0 Å². The fourth-order valence-electron chi connectivity index (χ4n) is 1.72. The lowest BCUT2D eigenvalue weighted by Gasteiger charge is -2.28. The lowest BCUT2D eigenvalue weighted by molar-refractivity contribution is 0.0166. The topological polar surface area (TPSA) is 98.5 Å². The normalized spacial score (nSPS) is 24.4. The van der Waals surface area contributed by atoms with Crippen LogP contribution in [0, 0.1) is 0 Å². The van der Waals surface area contributed by atoms with Gasteiger partial charge in [0, 0.05) is 18.0 Å². The standard InChI is InChI=1S/C10H18N4O3/c1-10(2,3)17-9(16)14-5-4-8(15)7(14)6-12-13-11/h7-8,15H,4-6H2,1-3H3/t7-,8-/m0/s1. The number of likely N-dealkylation sites (tertiary alicyclic amines) is 1. The van der Waals surface area contributed by atoms with E-state index in [1.165, 1.54) is 4.90 Å². The van der Waals surface area contributed by atoms with Gasteiger partial charge in [-0.3, -0.25) is 0 Å². The molecule has 0 aromatic heterocycles. The number of azide groups is 1. The fourth-order valence-corrected chi connectivity index (χ4v) is 1.72. The van der Waals surface area contributed by atoms with Crippen molar-refractivity contribution >= 4 is 6.09 Å². The molecule has 2 atom stereocenters. The van der Waals surface area contributed by atoms with Crippen molar-refractivity contribution in [2.24, 2.45) is 5.11 Å². The minimum atomic E-state index is -0.659. The zero-order chi connectivity index (χ0) is 13.1.